The molecule has 0 amide bonds. The summed E-state index contributed by atoms with van der Waals surface area (Å²) < 4.78 is 0. The van der Waals surface area contributed by atoms with Crippen molar-refractivity contribution in [1.29, 1.82) is 0 Å². The van der Waals surface area contributed by atoms with Crippen LogP contribution in [0.25, 0.3) is 16.0 Å². The third-order valence-corrected chi connectivity index (χ3v) is 2.95. The fourth-order valence-corrected chi connectivity index (χ4v) is 2.25. The van der Waals surface area contributed by atoms with Gasteiger partial charge in [-0.15, -0.1) is 0 Å². The molecular formula is C14H9N. The number of fused-ring (bicyclic) bond motifs is 3. The van der Waals surface area contributed by atoms with Gasteiger partial charge >= 0.3 is 0 Å². The van der Waals surface area contributed by atoms with E-state index in [0.29, 0.717) is 0 Å². The maximum absolute atomic E-state index is 7.14. The van der Waals surface area contributed by atoms with E-state index in [0.717, 1.165) is 12.1 Å². The largest absolute Gasteiger partial charge is 0.238 e. The first kappa shape index (κ1) is 8.26. The Labute approximate surface area is 88.8 Å². The molecule has 0 saturated carbocycles. The molecule has 0 atom stereocenters. The average Bonchev–Trinajstić information content (AvgIpc) is 2.67. The van der Waals surface area contributed by atoms with Gasteiger partial charge in [0.25, 0.3) is 0 Å². The molecule has 1 aliphatic rings. The van der Waals surface area contributed by atoms with Crippen LogP contribution in [-0.2, 0) is 6.42 Å². The normalized spacial score (nSPS) is 11.7. The van der Waals surface area contributed by atoms with Gasteiger partial charge < -0.3 is 0 Å². The first-order valence-electron chi connectivity index (χ1n) is 4.98. The van der Waals surface area contributed by atoms with E-state index in [-0.39, 0.29) is 0 Å². The topological polar surface area (TPSA) is 4.36 Å². The number of benzene rings is 2. The molecular weight excluding hydrogens is 182 g/mol. The van der Waals surface area contributed by atoms with Crippen molar-refractivity contribution in [3.63, 3.8) is 0 Å². The van der Waals surface area contributed by atoms with E-state index in [9.17, 15) is 0 Å². The predicted molar refractivity (Wildman–Crippen MR) is 60.9 cm³/mol. The Morgan fingerprint density at radius 2 is 1.73 bits per heavy atom. The number of nitrogens with zero attached hydrogens (tertiary/aromatic N) is 1. The summed E-state index contributed by atoms with van der Waals surface area (Å²) in [6.45, 7) is 7.14. The van der Waals surface area contributed by atoms with Gasteiger partial charge in [-0.05, 0) is 28.7 Å². The van der Waals surface area contributed by atoms with Crippen molar-refractivity contribution < 1.29 is 0 Å². The number of rotatable bonds is 0. The third kappa shape index (κ3) is 1.08. The molecule has 0 aliphatic heterocycles. The molecule has 1 nitrogen and oxygen atoms in total. The molecule has 1 aliphatic carbocycles. The quantitative estimate of drug-likeness (QED) is 0.476. The molecule has 1 heteroatoms. The number of hydrogen-bond acceptors (Lipinski definition) is 0. The summed E-state index contributed by atoms with van der Waals surface area (Å²) in [7, 11) is 0. The van der Waals surface area contributed by atoms with Gasteiger partial charge in [-0.2, -0.15) is 0 Å². The van der Waals surface area contributed by atoms with E-state index in [4.69, 9.17) is 6.57 Å². The molecule has 15 heavy (non-hydrogen) atoms. The molecule has 2 aromatic rings. The monoisotopic (exact) mass is 191 g/mol. The molecule has 0 unspecified atom stereocenters. The zero-order valence-corrected chi connectivity index (χ0v) is 8.20. The Hall–Kier alpha value is -2.07. The summed E-state index contributed by atoms with van der Waals surface area (Å²) in [6, 6.07) is 14.4. The third-order valence-electron chi connectivity index (χ3n) is 2.95. The standard InChI is InChI=1S/C14H9N/c1-15-14-8-4-7-12-11-6-3-2-5-10(11)9-13(12)14/h2-8H,9H2. The van der Waals surface area contributed by atoms with Crippen molar-refractivity contribution in [3.05, 3.63) is 65.0 Å². The Balaban J connectivity index is 2.32. The average molecular weight is 191 g/mol. The van der Waals surface area contributed by atoms with Gasteiger partial charge in [0.1, 0.15) is 0 Å². The Morgan fingerprint density at radius 3 is 2.60 bits per heavy atom. The van der Waals surface area contributed by atoms with Gasteiger partial charge in [0.2, 0.25) is 0 Å². The lowest BCUT2D eigenvalue weighted by Gasteiger charge is -2.00. The second-order valence-corrected chi connectivity index (χ2v) is 3.75. The van der Waals surface area contributed by atoms with Crippen LogP contribution in [0.15, 0.2) is 42.5 Å². The molecule has 0 radical (unpaired) electrons. The van der Waals surface area contributed by atoms with Crippen LogP contribution in [0.5, 0.6) is 0 Å². The van der Waals surface area contributed by atoms with Gasteiger partial charge in [0, 0.05) is 0 Å². The van der Waals surface area contributed by atoms with E-state index in [1.165, 1.54) is 22.3 Å². The van der Waals surface area contributed by atoms with Crippen LogP contribution in [-0.4, -0.2) is 0 Å². The Morgan fingerprint density at radius 1 is 0.933 bits per heavy atom. The van der Waals surface area contributed by atoms with Crippen molar-refractivity contribution in [3.8, 4) is 11.1 Å². The van der Waals surface area contributed by atoms with Crippen molar-refractivity contribution >= 4 is 5.69 Å². The van der Waals surface area contributed by atoms with Gasteiger partial charge in [0.05, 0.1) is 6.57 Å². The lowest BCUT2D eigenvalue weighted by atomic mass is 10.1. The summed E-state index contributed by atoms with van der Waals surface area (Å²) in [5.74, 6) is 0. The fraction of sp³-hybridized carbons (Fsp3) is 0.0714. The van der Waals surface area contributed by atoms with Crippen LogP contribution in [0.3, 0.4) is 0 Å². The van der Waals surface area contributed by atoms with E-state index in [2.05, 4.69) is 35.2 Å². The van der Waals surface area contributed by atoms with Crippen molar-refractivity contribution in [2.24, 2.45) is 0 Å². The van der Waals surface area contributed by atoms with Gasteiger partial charge in [0.15, 0.2) is 5.69 Å². The zero-order chi connectivity index (χ0) is 10.3. The van der Waals surface area contributed by atoms with Gasteiger partial charge in [-0.25, -0.2) is 4.85 Å². The van der Waals surface area contributed by atoms with Crippen LogP contribution in [0.4, 0.5) is 5.69 Å². The molecule has 0 spiro atoms. The second-order valence-electron chi connectivity index (χ2n) is 3.75. The van der Waals surface area contributed by atoms with Crippen LogP contribution in [0.1, 0.15) is 11.1 Å². The molecule has 0 saturated heterocycles. The summed E-state index contributed by atoms with van der Waals surface area (Å²) in [4.78, 5) is 3.58. The van der Waals surface area contributed by atoms with Gasteiger partial charge in [-0.3, -0.25) is 0 Å². The summed E-state index contributed by atoms with van der Waals surface area (Å²) in [5, 5.41) is 0. The van der Waals surface area contributed by atoms with Crippen LogP contribution >= 0.6 is 0 Å². The molecule has 0 fully saturated rings. The van der Waals surface area contributed by atoms with Gasteiger partial charge in [-0.1, -0.05) is 42.5 Å². The molecule has 0 aromatic heterocycles. The maximum Gasteiger partial charge on any atom is 0.191 e. The zero-order valence-electron chi connectivity index (χ0n) is 8.20. The molecule has 3 rings (SSSR count). The molecule has 70 valence electrons. The lowest BCUT2D eigenvalue weighted by molar-refractivity contribution is 1.27. The Kier molecular flexibility index (Phi) is 1.63. The van der Waals surface area contributed by atoms with Crippen molar-refractivity contribution in [1.82, 2.24) is 0 Å². The predicted octanol–water partition coefficient (Wildman–Crippen LogP) is 3.81. The fourth-order valence-electron chi connectivity index (χ4n) is 2.25. The summed E-state index contributed by atoms with van der Waals surface area (Å²) >= 11 is 0. The van der Waals surface area contributed by atoms with E-state index in [1.54, 1.807) is 0 Å². The molecule has 0 N–H and O–H groups in total. The minimum Gasteiger partial charge on any atom is -0.238 e. The van der Waals surface area contributed by atoms with Crippen molar-refractivity contribution in [2.45, 2.75) is 6.42 Å². The van der Waals surface area contributed by atoms with E-state index in [1.807, 2.05) is 12.1 Å². The SMILES string of the molecule is [C-]#[N+]c1cccc2c1Cc1ccccc1-2. The highest BCUT2D eigenvalue weighted by Gasteiger charge is 2.19. The summed E-state index contributed by atoms with van der Waals surface area (Å²) in [5.41, 5.74) is 5.85. The summed E-state index contributed by atoms with van der Waals surface area (Å²) in [6.07, 6.45) is 0.907. The minimum absolute atomic E-state index is 0.795. The van der Waals surface area contributed by atoms with Crippen LogP contribution < -0.4 is 0 Å². The van der Waals surface area contributed by atoms with Crippen molar-refractivity contribution in [2.75, 3.05) is 0 Å². The lowest BCUT2D eigenvalue weighted by Crippen LogP contribution is -1.79. The minimum atomic E-state index is 0.795. The molecule has 0 bridgehead atoms. The number of hydrogen-bond donors (Lipinski definition) is 0. The smallest absolute Gasteiger partial charge is 0.191 e. The van der Waals surface area contributed by atoms with Crippen LogP contribution in [0.2, 0.25) is 0 Å². The maximum atomic E-state index is 7.14. The van der Waals surface area contributed by atoms with E-state index < -0.39 is 0 Å². The highest BCUT2D eigenvalue weighted by atomic mass is 14.6. The van der Waals surface area contributed by atoms with E-state index >= 15 is 0 Å². The highest BCUT2D eigenvalue weighted by molar-refractivity contribution is 5.82. The second kappa shape index (κ2) is 2.96. The molecule has 0 heterocycles. The first-order chi connectivity index (χ1) is 7.40. The van der Waals surface area contributed by atoms with Crippen LogP contribution in [0, 0.1) is 6.57 Å². The highest BCUT2D eigenvalue weighted by Crippen LogP contribution is 2.40. The Bertz CT molecular complexity index is 576. The first-order valence-corrected chi connectivity index (χ1v) is 4.98. The molecule has 2 aromatic carbocycles.